The predicted molar refractivity (Wildman–Crippen MR) is 82.3 cm³/mol. The van der Waals surface area contributed by atoms with E-state index in [1.54, 1.807) is 24.1 Å². The predicted octanol–water partition coefficient (Wildman–Crippen LogP) is 3.49. The molecule has 0 saturated heterocycles. The number of halogens is 2. The number of rotatable bonds is 5. The summed E-state index contributed by atoms with van der Waals surface area (Å²) in [4.78, 5) is 1.76. The number of hydrogen-bond donors (Lipinski definition) is 1. The van der Waals surface area contributed by atoms with Gasteiger partial charge in [-0.1, -0.05) is 18.2 Å². The molecule has 0 amide bonds. The molecule has 0 radical (unpaired) electrons. The molecule has 1 unspecified atom stereocenters. The summed E-state index contributed by atoms with van der Waals surface area (Å²) < 4.78 is 27.3. The van der Waals surface area contributed by atoms with E-state index in [2.05, 4.69) is 0 Å². The van der Waals surface area contributed by atoms with Crippen molar-refractivity contribution in [3.05, 3.63) is 65.2 Å². The topological polar surface area (TPSA) is 29.3 Å². The third kappa shape index (κ3) is 4.26. The summed E-state index contributed by atoms with van der Waals surface area (Å²) in [6.45, 7) is 2.34. The van der Waals surface area contributed by atoms with Gasteiger partial charge in [-0.05, 0) is 48.7 Å². The van der Waals surface area contributed by atoms with Crippen LogP contribution in [0.1, 0.15) is 18.1 Å². The minimum Gasteiger partial charge on any atom is -0.368 e. The first kappa shape index (κ1) is 15.4. The summed E-state index contributed by atoms with van der Waals surface area (Å²) in [6.07, 6.45) is 0.644. The van der Waals surface area contributed by atoms with E-state index in [1.165, 1.54) is 18.2 Å². The van der Waals surface area contributed by atoms with Crippen LogP contribution in [0.5, 0.6) is 0 Å². The maximum atomic E-state index is 14.2. The summed E-state index contributed by atoms with van der Waals surface area (Å²) in [7, 11) is 1.79. The van der Waals surface area contributed by atoms with Crippen LogP contribution in [0.2, 0.25) is 0 Å². The first-order chi connectivity index (χ1) is 9.95. The van der Waals surface area contributed by atoms with Crippen LogP contribution < -0.4 is 10.6 Å². The van der Waals surface area contributed by atoms with E-state index in [1.807, 2.05) is 19.1 Å². The van der Waals surface area contributed by atoms with Crippen molar-refractivity contribution in [1.82, 2.24) is 0 Å². The highest BCUT2D eigenvalue weighted by atomic mass is 19.1. The minimum absolute atomic E-state index is 0.000253. The van der Waals surface area contributed by atoms with Crippen LogP contribution >= 0.6 is 0 Å². The highest BCUT2D eigenvalue weighted by Crippen LogP contribution is 2.22. The normalized spacial score (nSPS) is 12.2. The lowest BCUT2D eigenvalue weighted by molar-refractivity contribution is 0.615. The Morgan fingerprint density at radius 3 is 2.48 bits per heavy atom. The van der Waals surface area contributed by atoms with Crippen molar-refractivity contribution in [1.29, 1.82) is 0 Å². The van der Waals surface area contributed by atoms with Gasteiger partial charge in [-0.15, -0.1) is 0 Å². The number of nitrogens with two attached hydrogens (primary N) is 1. The molecule has 21 heavy (non-hydrogen) atoms. The molecular weight excluding hydrogens is 270 g/mol. The second-order valence-corrected chi connectivity index (χ2v) is 5.45. The quantitative estimate of drug-likeness (QED) is 0.913. The zero-order valence-corrected chi connectivity index (χ0v) is 12.3. The SMILES string of the molecule is CC(N)Cc1ccc(N(C)Cc2cccc(F)c2)c(F)c1. The summed E-state index contributed by atoms with van der Waals surface area (Å²) in [5.74, 6) is -0.569. The number of hydrogen-bond acceptors (Lipinski definition) is 2. The Morgan fingerprint density at radius 2 is 1.86 bits per heavy atom. The monoisotopic (exact) mass is 290 g/mol. The number of nitrogens with zero attached hydrogens (tertiary/aromatic N) is 1. The first-order valence-corrected chi connectivity index (χ1v) is 6.95. The second kappa shape index (κ2) is 6.68. The Bertz CT molecular complexity index is 611. The smallest absolute Gasteiger partial charge is 0.146 e. The first-order valence-electron chi connectivity index (χ1n) is 6.95. The van der Waals surface area contributed by atoms with E-state index in [4.69, 9.17) is 5.73 Å². The Labute approximate surface area is 124 Å². The molecule has 0 aliphatic carbocycles. The van der Waals surface area contributed by atoms with Gasteiger partial charge in [0.15, 0.2) is 0 Å². The lowest BCUT2D eigenvalue weighted by Gasteiger charge is -2.21. The summed E-state index contributed by atoms with van der Waals surface area (Å²) in [5, 5.41) is 0. The van der Waals surface area contributed by atoms with Crippen LogP contribution in [0.4, 0.5) is 14.5 Å². The summed E-state index contributed by atoms with van der Waals surface area (Å²) >= 11 is 0. The van der Waals surface area contributed by atoms with Gasteiger partial charge in [0.1, 0.15) is 11.6 Å². The van der Waals surface area contributed by atoms with Crippen molar-refractivity contribution < 1.29 is 8.78 Å². The Balaban J connectivity index is 2.13. The van der Waals surface area contributed by atoms with E-state index >= 15 is 0 Å². The molecule has 0 heterocycles. The molecule has 2 aromatic carbocycles. The third-order valence-corrected chi connectivity index (χ3v) is 3.29. The highest BCUT2D eigenvalue weighted by molar-refractivity contribution is 5.49. The molecule has 2 N–H and O–H groups in total. The Hall–Kier alpha value is -1.94. The zero-order valence-electron chi connectivity index (χ0n) is 12.3. The molecule has 1 atom stereocenters. The van der Waals surface area contributed by atoms with E-state index in [-0.39, 0.29) is 17.7 Å². The fourth-order valence-corrected chi connectivity index (χ4v) is 2.35. The molecule has 0 spiro atoms. The van der Waals surface area contributed by atoms with Crippen molar-refractivity contribution in [2.75, 3.05) is 11.9 Å². The number of anilines is 1. The fourth-order valence-electron chi connectivity index (χ4n) is 2.35. The number of benzene rings is 2. The molecule has 0 saturated carbocycles. The van der Waals surface area contributed by atoms with E-state index in [0.29, 0.717) is 18.7 Å². The lowest BCUT2D eigenvalue weighted by atomic mass is 10.1. The standard InChI is InChI=1S/C17H20F2N2/c1-12(20)8-13-6-7-17(16(19)10-13)21(2)11-14-4-3-5-15(18)9-14/h3-7,9-10,12H,8,11,20H2,1-2H3. The average Bonchev–Trinajstić information content (AvgIpc) is 2.37. The molecule has 0 fully saturated rings. The van der Waals surface area contributed by atoms with Crippen LogP contribution in [-0.4, -0.2) is 13.1 Å². The third-order valence-electron chi connectivity index (χ3n) is 3.29. The molecule has 2 aromatic rings. The van der Waals surface area contributed by atoms with E-state index in [0.717, 1.165) is 11.1 Å². The van der Waals surface area contributed by atoms with Crippen LogP contribution in [0.25, 0.3) is 0 Å². The average molecular weight is 290 g/mol. The Morgan fingerprint density at radius 1 is 1.10 bits per heavy atom. The molecule has 112 valence electrons. The van der Waals surface area contributed by atoms with Crippen molar-refractivity contribution in [2.45, 2.75) is 25.9 Å². The van der Waals surface area contributed by atoms with Crippen molar-refractivity contribution in [3.63, 3.8) is 0 Å². The minimum atomic E-state index is -0.285. The van der Waals surface area contributed by atoms with Gasteiger partial charge < -0.3 is 10.6 Å². The molecule has 2 rings (SSSR count). The Kier molecular flexibility index (Phi) is 4.91. The van der Waals surface area contributed by atoms with E-state index in [9.17, 15) is 8.78 Å². The molecule has 0 aliphatic rings. The molecule has 2 nitrogen and oxygen atoms in total. The van der Waals surface area contributed by atoms with Crippen LogP contribution in [0.3, 0.4) is 0 Å². The van der Waals surface area contributed by atoms with Crippen LogP contribution in [-0.2, 0) is 13.0 Å². The van der Waals surface area contributed by atoms with Crippen molar-refractivity contribution >= 4 is 5.69 Å². The van der Waals surface area contributed by atoms with Crippen LogP contribution in [0.15, 0.2) is 42.5 Å². The molecule has 4 heteroatoms. The van der Waals surface area contributed by atoms with Crippen molar-refractivity contribution in [3.8, 4) is 0 Å². The molecule has 0 aromatic heterocycles. The molecular formula is C17H20F2N2. The second-order valence-electron chi connectivity index (χ2n) is 5.45. The highest BCUT2D eigenvalue weighted by Gasteiger charge is 2.10. The van der Waals surface area contributed by atoms with Crippen LogP contribution in [0, 0.1) is 11.6 Å². The molecule has 0 aliphatic heterocycles. The summed E-state index contributed by atoms with van der Waals surface area (Å²) in [5.41, 5.74) is 7.90. The maximum Gasteiger partial charge on any atom is 0.146 e. The van der Waals surface area contributed by atoms with Gasteiger partial charge in [0.2, 0.25) is 0 Å². The van der Waals surface area contributed by atoms with Crippen molar-refractivity contribution in [2.24, 2.45) is 5.73 Å². The van der Waals surface area contributed by atoms with Gasteiger partial charge in [0, 0.05) is 19.6 Å². The lowest BCUT2D eigenvalue weighted by Crippen LogP contribution is -2.19. The van der Waals surface area contributed by atoms with Gasteiger partial charge in [0.05, 0.1) is 5.69 Å². The summed E-state index contributed by atoms with van der Waals surface area (Å²) in [6, 6.07) is 11.5. The van der Waals surface area contributed by atoms with Gasteiger partial charge in [0.25, 0.3) is 0 Å². The largest absolute Gasteiger partial charge is 0.368 e. The van der Waals surface area contributed by atoms with Gasteiger partial charge >= 0.3 is 0 Å². The van der Waals surface area contributed by atoms with E-state index < -0.39 is 0 Å². The maximum absolute atomic E-state index is 14.2. The fraction of sp³-hybridized carbons (Fsp3) is 0.294. The van der Waals surface area contributed by atoms with Gasteiger partial charge in [-0.3, -0.25) is 0 Å². The van der Waals surface area contributed by atoms with Gasteiger partial charge in [-0.2, -0.15) is 0 Å². The zero-order chi connectivity index (χ0) is 15.4. The molecule has 0 bridgehead atoms. The van der Waals surface area contributed by atoms with Gasteiger partial charge in [-0.25, -0.2) is 8.78 Å².